The van der Waals surface area contributed by atoms with Crippen LogP contribution in [0.3, 0.4) is 0 Å². The molecule has 1 aromatic rings. The third-order valence-electron chi connectivity index (χ3n) is 3.10. The molecule has 88 valence electrons. The number of Topliss-reactive ketones (excluding diaryl/α,β-unsaturated/α-hetero) is 1. The van der Waals surface area contributed by atoms with Gasteiger partial charge in [0.1, 0.15) is 11.6 Å². The predicted molar refractivity (Wildman–Crippen MR) is 64.0 cm³/mol. The Labute approximate surface area is 99.4 Å². The van der Waals surface area contributed by atoms with E-state index in [2.05, 4.69) is 10.6 Å². The summed E-state index contributed by atoms with van der Waals surface area (Å²) in [6.07, 6.45) is 5.05. The molecule has 1 saturated heterocycles. The summed E-state index contributed by atoms with van der Waals surface area (Å²) in [6, 6.07) is 3.68. The number of carbonyl (C=O) groups excluding carboxylic acids is 1. The average Bonchev–Trinajstić information content (AvgIpc) is 3.03. The molecule has 2 heterocycles. The molecule has 0 aromatic carbocycles. The number of furan rings is 1. The van der Waals surface area contributed by atoms with Crippen molar-refractivity contribution in [1.29, 1.82) is 0 Å². The first-order valence-electron chi connectivity index (χ1n) is 5.84. The molecule has 2 fully saturated rings. The lowest BCUT2D eigenvalue weighted by Crippen LogP contribution is -2.15. The first-order chi connectivity index (χ1) is 8.34. The van der Waals surface area contributed by atoms with Crippen molar-refractivity contribution in [2.24, 2.45) is 0 Å². The van der Waals surface area contributed by atoms with Gasteiger partial charge >= 0.3 is 0 Å². The van der Waals surface area contributed by atoms with Crippen LogP contribution in [0.2, 0.25) is 0 Å². The highest BCUT2D eigenvalue weighted by Crippen LogP contribution is 2.29. The zero-order valence-electron chi connectivity index (χ0n) is 9.45. The summed E-state index contributed by atoms with van der Waals surface area (Å²) in [5.41, 5.74) is 1.71. The second kappa shape index (κ2) is 4.13. The van der Waals surface area contributed by atoms with Crippen molar-refractivity contribution in [3.05, 3.63) is 41.1 Å². The number of nitrogens with one attached hydrogen (secondary N) is 2. The highest BCUT2D eigenvalue weighted by Gasteiger charge is 2.27. The van der Waals surface area contributed by atoms with E-state index in [9.17, 15) is 4.79 Å². The summed E-state index contributed by atoms with van der Waals surface area (Å²) in [6.45, 7) is 1.78. The molecule has 2 N–H and O–H groups in total. The molecular weight excluding hydrogens is 216 g/mol. The van der Waals surface area contributed by atoms with Crippen LogP contribution in [-0.2, 0) is 4.79 Å². The van der Waals surface area contributed by atoms with E-state index in [-0.39, 0.29) is 5.78 Å². The highest BCUT2D eigenvalue weighted by molar-refractivity contribution is 6.13. The molecule has 3 rings (SSSR count). The summed E-state index contributed by atoms with van der Waals surface area (Å²) in [5, 5.41) is 6.41. The normalized spacial score (nSPS) is 22.1. The minimum Gasteiger partial charge on any atom is -0.465 e. The Bertz CT molecular complexity index is 489. The van der Waals surface area contributed by atoms with Crippen LogP contribution in [-0.4, -0.2) is 18.9 Å². The summed E-state index contributed by atoms with van der Waals surface area (Å²) >= 11 is 0. The molecule has 2 aliphatic rings. The fraction of sp³-hybridized carbons (Fsp3) is 0.308. The van der Waals surface area contributed by atoms with Crippen molar-refractivity contribution in [3.63, 3.8) is 0 Å². The zero-order valence-corrected chi connectivity index (χ0v) is 9.45. The molecule has 0 spiro atoms. The number of rotatable bonds is 1. The molecular formula is C13H14N2O2. The van der Waals surface area contributed by atoms with Gasteiger partial charge in [-0.15, -0.1) is 0 Å². The number of hydrogen-bond acceptors (Lipinski definition) is 4. The fourth-order valence-corrected chi connectivity index (χ4v) is 2.25. The van der Waals surface area contributed by atoms with E-state index in [0.29, 0.717) is 0 Å². The summed E-state index contributed by atoms with van der Waals surface area (Å²) in [4.78, 5) is 12.2. The van der Waals surface area contributed by atoms with Gasteiger partial charge in [0.15, 0.2) is 5.78 Å². The van der Waals surface area contributed by atoms with Crippen molar-refractivity contribution >= 4 is 11.9 Å². The number of hydrogen-bond donors (Lipinski definition) is 2. The van der Waals surface area contributed by atoms with Crippen molar-refractivity contribution in [3.8, 4) is 0 Å². The molecule has 0 atom stereocenters. The largest absolute Gasteiger partial charge is 0.465 e. The highest BCUT2D eigenvalue weighted by atomic mass is 16.3. The van der Waals surface area contributed by atoms with Crippen LogP contribution in [0.4, 0.5) is 0 Å². The van der Waals surface area contributed by atoms with Gasteiger partial charge in [0.05, 0.1) is 6.26 Å². The molecule has 1 aliphatic heterocycles. The lowest BCUT2D eigenvalue weighted by atomic mass is 10.1. The van der Waals surface area contributed by atoms with E-state index in [1.165, 1.54) is 0 Å². The summed E-state index contributed by atoms with van der Waals surface area (Å²) in [5.74, 6) is 1.79. The second-order valence-corrected chi connectivity index (χ2v) is 4.22. The molecule has 0 bridgehead atoms. The molecule has 1 aromatic heterocycles. The van der Waals surface area contributed by atoms with E-state index in [1.54, 1.807) is 6.26 Å². The Balaban J connectivity index is 1.87. The first kappa shape index (κ1) is 10.2. The Morgan fingerprint density at radius 2 is 2.06 bits per heavy atom. The van der Waals surface area contributed by atoms with Crippen molar-refractivity contribution in [1.82, 2.24) is 10.6 Å². The minimum atomic E-state index is 0.137. The molecule has 17 heavy (non-hydrogen) atoms. The number of carbonyl (C=O) groups is 1. The lowest BCUT2D eigenvalue weighted by Gasteiger charge is -2.02. The van der Waals surface area contributed by atoms with E-state index in [4.69, 9.17) is 4.42 Å². The van der Waals surface area contributed by atoms with Crippen LogP contribution < -0.4 is 10.6 Å². The molecule has 0 radical (unpaired) electrons. The van der Waals surface area contributed by atoms with Crippen LogP contribution in [0.1, 0.15) is 18.6 Å². The molecule has 0 amide bonds. The number of allylic oxidation sites excluding steroid dienone is 2. The van der Waals surface area contributed by atoms with Crippen LogP contribution in [0.5, 0.6) is 0 Å². The average molecular weight is 230 g/mol. The Morgan fingerprint density at radius 1 is 1.24 bits per heavy atom. The zero-order chi connectivity index (χ0) is 11.7. The Hall–Kier alpha value is -1.97. The Morgan fingerprint density at radius 3 is 2.76 bits per heavy atom. The predicted octanol–water partition coefficient (Wildman–Crippen LogP) is 1.43. The van der Waals surface area contributed by atoms with Crippen LogP contribution in [0.25, 0.3) is 6.08 Å². The van der Waals surface area contributed by atoms with Gasteiger partial charge in [0, 0.05) is 24.2 Å². The monoisotopic (exact) mass is 230 g/mol. The first-order valence-corrected chi connectivity index (χ1v) is 5.84. The smallest absolute Gasteiger partial charge is 0.188 e. The third-order valence-corrected chi connectivity index (χ3v) is 3.10. The number of ketones is 1. The molecule has 1 saturated carbocycles. The molecule has 1 aliphatic carbocycles. The quantitative estimate of drug-likeness (QED) is 0.717. The van der Waals surface area contributed by atoms with Crippen LogP contribution in [0.15, 0.2) is 39.8 Å². The topological polar surface area (TPSA) is 54.3 Å². The summed E-state index contributed by atoms with van der Waals surface area (Å²) < 4.78 is 5.23. The van der Waals surface area contributed by atoms with Gasteiger partial charge in [-0.05, 0) is 31.1 Å². The van der Waals surface area contributed by atoms with Crippen LogP contribution >= 0.6 is 0 Å². The maximum atomic E-state index is 12.2. The van der Waals surface area contributed by atoms with Gasteiger partial charge in [0.2, 0.25) is 0 Å². The minimum absolute atomic E-state index is 0.137. The molecule has 0 unspecified atom stereocenters. The maximum absolute atomic E-state index is 12.2. The van der Waals surface area contributed by atoms with Crippen molar-refractivity contribution in [2.45, 2.75) is 12.8 Å². The van der Waals surface area contributed by atoms with Gasteiger partial charge in [0.25, 0.3) is 0 Å². The van der Waals surface area contributed by atoms with Gasteiger partial charge in [-0.25, -0.2) is 0 Å². The van der Waals surface area contributed by atoms with E-state index < -0.39 is 0 Å². The van der Waals surface area contributed by atoms with Gasteiger partial charge < -0.3 is 15.1 Å². The van der Waals surface area contributed by atoms with Crippen molar-refractivity contribution in [2.75, 3.05) is 13.1 Å². The summed E-state index contributed by atoms with van der Waals surface area (Å²) in [7, 11) is 0. The van der Waals surface area contributed by atoms with E-state index in [1.807, 2.05) is 18.2 Å². The van der Waals surface area contributed by atoms with Gasteiger partial charge in [-0.2, -0.15) is 0 Å². The fourth-order valence-electron chi connectivity index (χ4n) is 2.25. The Kier molecular flexibility index (Phi) is 2.48. The van der Waals surface area contributed by atoms with Crippen molar-refractivity contribution < 1.29 is 9.21 Å². The SMILES string of the molecule is O=C1C(=C2NCCN2)CC/C1=C/c1ccco1. The lowest BCUT2D eigenvalue weighted by molar-refractivity contribution is -0.111. The van der Waals surface area contributed by atoms with Gasteiger partial charge in [-0.1, -0.05) is 0 Å². The molecule has 4 nitrogen and oxygen atoms in total. The van der Waals surface area contributed by atoms with Crippen LogP contribution in [0, 0.1) is 0 Å². The molecule has 4 heteroatoms. The third kappa shape index (κ3) is 1.86. The maximum Gasteiger partial charge on any atom is 0.188 e. The van der Waals surface area contributed by atoms with E-state index >= 15 is 0 Å². The van der Waals surface area contributed by atoms with Gasteiger partial charge in [-0.3, -0.25) is 4.79 Å². The second-order valence-electron chi connectivity index (χ2n) is 4.22. The van der Waals surface area contributed by atoms with E-state index in [0.717, 1.165) is 48.7 Å². The standard InChI is InChI=1S/C13H14N2O2/c16-12-9(8-10-2-1-7-17-10)3-4-11(12)13-14-5-6-15-13/h1-2,7-8,14-15H,3-6H2/b9-8-.